The minimum absolute atomic E-state index is 0.301. The summed E-state index contributed by atoms with van der Waals surface area (Å²) in [5.41, 5.74) is 1.44. The molecule has 6 nitrogen and oxygen atoms in total. The van der Waals surface area contributed by atoms with Gasteiger partial charge in [0.25, 0.3) is 5.91 Å². The highest BCUT2D eigenvalue weighted by molar-refractivity contribution is 7.17. The quantitative estimate of drug-likeness (QED) is 0.752. The number of nitrogens with one attached hydrogen (secondary N) is 1. The molecule has 2 fully saturated rings. The molecule has 3 aliphatic carbocycles. The van der Waals surface area contributed by atoms with Gasteiger partial charge >= 0.3 is 11.9 Å². The van der Waals surface area contributed by atoms with Crippen molar-refractivity contribution in [3.8, 4) is 0 Å². The first kappa shape index (κ1) is 18.5. The van der Waals surface area contributed by atoms with Gasteiger partial charge in [0, 0.05) is 11.3 Å². The van der Waals surface area contributed by atoms with Crippen LogP contribution < -0.4 is 5.32 Å². The molecule has 0 radical (unpaired) electrons. The Labute approximate surface area is 162 Å². The highest BCUT2D eigenvalue weighted by Crippen LogP contribution is 2.49. The molecule has 0 saturated heterocycles. The molecule has 0 aliphatic heterocycles. The van der Waals surface area contributed by atoms with Gasteiger partial charge in [-0.05, 0) is 61.8 Å². The maximum Gasteiger partial charge on any atom is 0.341 e. The van der Waals surface area contributed by atoms with E-state index in [4.69, 9.17) is 9.47 Å². The van der Waals surface area contributed by atoms with Crippen LogP contribution in [0.25, 0.3) is 0 Å². The van der Waals surface area contributed by atoms with Crippen molar-refractivity contribution in [3.63, 3.8) is 0 Å². The molecule has 2 saturated carbocycles. The molecule has 7 heteroatoms. The van der Waals surface area contributed by atoms with Crippen LogP contribution in [-0.4, -0.2) is 31.6 Å². The number of aryl methyl sites for hydroxylation is 1. The summed E-state index contributed by atoms with van der Waals surface area (Å²) in [5.74, 6) is 0.718. The zero-order chi connectivity index (χ0) is 19.0. The number of ether oxygens (including phenoxy) is 2. The van der Waals surface area contributed by atoms with Gasteiger partial charge in [0.15, 0.2) is 6.61 Å². The van der Waals surface area contributed by atoms with Gasteiger partial charge in [-0.1, -0.05) is 6.42 Å². The summed E-state index contributed by atoms with van der Waals surface area (Å²) in [6, 6.07) is 0. The number of rotatable bonds is 6. The van der Waals surface area contributed by atoms with Crippen LogP contribution in [0.5, 0.6) is 0 Å². The lowest BCUT2D eigenvalue weighted by Gasteiger charge is -2.20. The molecule has 3 unspecified atom stereocenters. The van der Waals surface area contributed by atoms with Crippen LogP contribution in [0.3, 0.4) is 0 Å². The first-order valence-corrected chi connectivity index (χ1v) is 10.5. The summed E-state index contributed by atoms with van der Waals surface area (Å²) in [4.78, 5) is 37.6. The first-order valence-electron chi connectivity index (χ1n) is 9.73. The monoisotopic (exact) mass is 391 g/mol. The topological polar surface area (TPSA) is 81.7 Å². The summed E-state index contributed by atoms with van der Waals surface area (Å²) in [6.45, 7) is -0.317. The molecule has 2 bridgehead atoms. The third kappa shape index (κ3) is 3.74. The molecule has 1 N–H and O–H groups in total. The van der Waals surface area contributed by atoms with E-state index in [0.29, 0.717) is 28.8 Å². The van der Waals surface area contributed by atoms with Crippen molar-refractivity contribution in [2.45, 2.75) is 51.4 Å². The van der Waals surface area contributed by atoms with Crippen molar-refractivity contribution in [2.24, 2.45) is 17.8 Å². The standard InChI is InChI=1S/C20H25NO5S/c1-25-20(24)18-14-3-2-4-15(14)27-19(18)21-16(22)10-26-17(23)9-13-8-11-5-6-12(13)7-11/h11-13H,2-10H2,1H3,(H,21,22). The van der Waals surface area contributed by atoms with Crippen LogP contribution in [0.2, 0.25) is 0 Å². The second-order valence-electron chi connectivity index (χ2n) is 7.90. The number of methoxy groups -OCH3 is 1. The van der Waals surface area contributed by atoms with Crippen molar-refractivity contribution < 1.29 is 23.9 Å². The Morgan fingerprint density at radius 3 is 2.74 bits per heavy atom. The molecular formula is C20H25NO5S. The maximum atomic E-state index is 12.2. The van der Waals surface area contributed by atoms with E-state index in [0.717, 1.165) is 42.0 Å². The van der Waals surface area contributed by atoms with Crippen LogP contribution in [0.15, 0.2) is 0 Å². The largest absolute Gasteiger partial charge is 0.465 e. The number of esters is 2. The minimum atomic E-state index is -0.432. The van der Waals surface area contributed by atoms with Gasteiger partial charge in [-0.15, -0.1) is 11.3 Å². The van der Waals surface area contributed by atoms with Crippen LogP contribution in [0.1, 0.15) is 59.3 Å². The van der Waals surface area contributed by atoms with E-state index in [1.54, 1.807) is 0 Å². The lowest BCUT2D eigenvalue weighted by molar-refractivity contribution is -0.148. The van der Waals surface area contributed by atoms with Crippen molar-refractivity contribution in [3.05, 3.63) is 16.0 Å². The van der Waals surface area contributed by atoms with E-state index < -0.39 is 11.9 Å². The molecule has 3 atom stereocenters. The van der Waals surface area contributed by atoms with Crippen molar-refractivity contribution in [1.29, 1.82) is 0 Å². The molecule has 1 heterocycles. The first-order chi connectivity index (χ1) is 13.0. The number of hydrogen-bond donors (Lipinski definition) is 1. The molecule has 27 heavy (non-hydrogen) atoms. The van der Waals surface area contributed by atoms with Gasteiger partial charge in [0.1, 0.15) is 5.00 Å². The second-order valence-corrected chi connectivity index (χ2v) is 9.01. The average molecular weight is 391 g/mol. The Kier molecular flexibility index (Phi) is 5.21. The molecule has 1 amide bonds. The molecule has 1 aromatic heterocycles. The summed E-state index contributed by atoms with van der Waals surface area (Å²) in [6.07, 6.45) is 8.06. The van der Waals surface area contributed by atoms with E-state index in [2.05, 4.69) is 5.32 Å². The molecule has 0 spiro atoms. The lowest BCUT2D eigenvalue weighted by Crippen LogP contribution is -2.23. The summed E-state index contributed by atoms with van der Waals surface area (Å²) in [7, 11) is 1.34. The summed E-state index contributed by atoms with van der Waals surface area (Å²) < 4.78 is 10.1. The van der Waals surface area contributed by atoms with Crippen molar-refractivity contribution in [2.75, 3.05) is 19.0 Å². The predicted molar refractivity (Wildman–Crippen MR) is 101 cm³/mol. The summed E-state index contributed by atoms with van der Waals surface area (Å²) in [5, 5.41) is 3.23. The lowest BCUT2D eigenvalue weighted by atomic mass is 9.86. The third-order valence-electron chi connectivity index (χ3n) is 6.24. The van der Waals surface area contributed by atoms with E-state index in [-0.39, 0.29) is 12.6 Å². The Bertz CT molecular complexity index is 771. The number of fused-ring (bicyclic) bond motifs is 3. The van der Waals surface area contributed by atoms with Gasteiger partial charge in [0.2, 0.25) is 0 Å². The molecule has 146 valence electrons. The highest BCUT2D eigenvalue weighted by Gasteiger charge is 2.40. The zero-order valence-corrected chi connectivity index (χ0v) is 16.4. The third-order valence-corrected chi connectivity index (χ3v) is 7.45. The molecule has 4 rings (SSSR count). The number of carbonyl (C=O) groups is 3. The van der Waals surface area contributed by atoms with Gasteiger partial charge < -0.3 is 14.8 Å². The van der Waals surface area contributed by atoms with Crippen LogP contribution in [0.4, 0.5) is 5.00 Å². The Morgan fingerprint density at radius 1 is 1.19 bits per heavy atom. The highest BCUT2D eigenvalue weighted by atomic mass is 32.1. The van der Waals surface area contributed by atoms with Crippen LogP contribution >= 0.6 is 11.3 Å². The normalized spacial score (nSPS) is 25.3. The molecule has 1 aromatic rings. The Balaban J connectivity index is 1.31. The van der Waals surface area contributed by atoms with E-state index in [1.807, 2.05) is 0 Å². The SMILES string of the molecule is COC(=O)c1c(NC(=O)COC(=O)CC2CC3CCC2C3)sc2c1CCC2. The average Bonchev–Trinajstić information content (AvgIpc) is 3.40. The smallest absolute Gasteiger partial charge is 0.341 e. The summed E-state index contributed by atoms with van der Waals surface area (Å²) >= 11 is 1.42. The predicted octanol–water partition coefficient (Wildman–Crippen LogP) is 3.33. The van der Waals surface area contributed by atoms with E-state index in [1.165, 1.54) is 37.7 Å². The zero-order valence-electron chi connectivity index (χ0n) is 15.5. The van der Waals surface area contributed by atoms with E-state index in [9.17, 15) is 14.4 Å². The fourth-order valence-corrected chi connectivity index (χ4v) is 6.31. The van der Waals surface area contributed by atoms with Crippen molar-refractivity contribution >= 4 is 34.2 Å². The Morgan fingerprint density at radius 2 is 2.04 bits per heavy atom. The molecule has 3 aliphatic rings. The molecular weight excluding hydrogens is 366 g/mol. The Hall–Kier alpha value is -1.89. The van der Waals surface area contributed by atoms with Gasteiger partial charge in [-0.25, -0.2) is 4.79 Å². The minimum Gasteiger partial charge on any atom is -0.465 e. The number of carbonyl (C=O) groups excluding carboxylic acids is 3. The fraction of sp³-hybridized carbons (Fsp3) is 0.650. The van der Waals surface area contributed by atoms with Gasteiger partial charge in [-0.3, -0.25) is 9.59 Å². The number of amides is 1. The molecule has 0 aromatic carbocycles. The number of anilines is 1. The van der Waals surface area contributed by atoms with Crippen LogP contribution in [-0.2, 0) is 31.9 Å². The second kappa shape index (κ2) is 7.62. The van der Waals surface area contributed by atoms with Crippen LogP contribution in [0, 0.1) is 17.8 Å². The number of thiophene rings is 1. The fourth-order valence-electron chi connectivity index (χ4n) is 5.02. The maximum absolute atomic E-state index is 12.2. The van der Waals surface area contributed by atoms with Gasteiger partial charge in [-0.2, -0.15) is 0 Å². The van der Waals surface area contributed by atoms with E-state index >= 15 is 0 Å². The number of hydrogen-bond acceptors (Lipinski definition) is 6. The van der Waals surface area contributed by atoms with Crippen molar-refractivity contribution in [1.82, 2.24) is 0 Å². The van der Waals surface area contributed by atoms with Gasteiger partial charge in [0.05, 0.1) is 12.7 Å².